The van der Waals surface area contributed by atoms with Crippen LogP contribution >= 0.6 is 0 Å². The number of fused-ring (bicyclic) bond motifs is 3. The summed E-state index contributed by atoms with van der Waals surface area (Å²) in [5, 5.41) is 3.05. The number of nitrogens with zero attached hydrogens (tertiary/aromatic N) is 1. The lowest BCUT2D eigenvalue weighted by atomic mass is 10.0. The molecule has 128 valence electrons. The first kappa shape index (κ1) is 15.5. The fourth-order valence-electron chi connectivity index (χ4n) is 3.09. The van der Waals surface area contributed by atoms with Gasteiger partial charge in [0.1, 0.15) is 17.8 Å². The number of benzene rings is 1. The van der Waals surface area contributed by atoms with Crippen LogP contribution in [-0.2, 0) is 4.79 Å². The number of allylic oxidation sites excluding steroid dienone is 2. The molecule has 3 aliphatic rings. The minimum Gasteiger partial charge on any atom is -0.406 e. The Morgan fingerprint density at radius 3 is 2.88 bits per heavy atom. The van der Waals surface area contributed by atoms with Gasteiger partial charge < -0.3 is 10.1 Å². The Morgan fingerprint density at radius 1 is 1.24 bits per heavy atom. The highest BCUT2D eigenvalue weighted by molar-refractivity contribution is 6.02. The molecule has 0 aromatic heterocycles. The van der Waals surface area contributed by atoms with Crippen molar-refractivity contribution in [1.29, 1.82) is 0 Å². The first-order valence-electron chi connectivity index (χ1n) is 7.56. The molecule has 0 radical (unpaired) electrons. The largest absolute Gasteiger partial charge is 0.573 e. The van der Waals surface area contributed by atoms with Gasteiger partial charge in [-0.2, -0.15) is 0 Å². The molecule has 1 aliphatic carbocycles. The lowest BCUT2D eigenvalue weighted by Gasteiger charge is -2.25. The average molecular weight is 348 g/mol. The summed E-state index contributed by atoms with van der Waals surface area (Å²) >= 11 is 0. The van der Waals surface area contributed by atoms with E-state index in [-0.39, 0.29) is 17.7 Å². The number of rotatable bonds is 2. The summed E-state index contributed by atoms with van der Waals surface area (Å²) < 4.78 is 41.2. The Morgan fingerprint density at radius 2 is 2.08 bits per heavy atom. The Kier molecular flexibility index (Phi) is 3.41. The highest BCUT2D eigenvalue weighted by atomic mass is 19.4. The van der Waals surface area contributed by atoms with Crippen LogP contribution in [0.25, 0.3) is 0 Å². The average Bonchev–Trinajstić information content (AvgIpc) is 2.91. The van der Waals surface area contributed by atoms with Gasteiger partial charge in [0.15, 0.2) is 5.82 Å². The van der Waals surface area contributed by atoms with Crippen molar-refractivity contribution in [1.82, 2.24) is 10.2 Å². The number of carbonyl (C=O) groups excluding carboxylic acids is 1. The molecule has 0 bridgehead atoms. The SMILES string of the molecule is O=C1C(c2cccc(OC(F)(F)F)c2)NC2=C[NH+]=C3C=CC=CC3N12. The molecule has 1 fully saturated rings. The summed E-state index contributed by atoms with van der Waals surface area (Å²) in [5.41, 5.74) is 1.26. The van der Waals surface area contributed by atoms with E-state index >= 15 is 0 Å². The minimum absolute atomic E-state index is 0.237. The van der Waals surface area contributed by atoms with Gasteiger partial charge in [-0.3, -0.25) is 9.69 Å². The second-order valence-electron chi connectivity index (χ2n) is 5.72. The number of alkyl halides is 3. The quantitative estimate of drug-likeness (QED) is 0.835. The summed E-state index contributed by atoms with van der Waals surface area (Å²) in [5.74, 6) is -0.0190. The smallest absolute Gasteiger partial charge is 0.406 e. The third-order valence-corrected chi connectivity index (χ3v) is 4.11. The van der Waals surface area contributed by atoms with Crippen molar-refractivity contribution in [3.63, 3.8) is 0 Å². The predicted molar refractivity (Wildman–Crippen MR) is 82.0 cm³/mol. The Bertz CT molecular complexity index is 855. The van der Waals surface area contributed by atoms with Gasteiger partial charge in [0.25, 0.3) is 5.91 Å². The zero-order valence-corrected chi connectivity index (χ0v) is 12.7. The van der Waals surface area contributed by atoms with Crippen LogP contribution in [0.5, 0.6) is 5.75 Å². The number of carbonyl (C=O) groups is 1. The van der Waals surface area contributed by atoms with Crippen LogP contribution in [0.3, 0.4) is 0 Å². The summed E-state index contributed by atoms with van der Waals surface area (Å²) in [7, 11) is 0. The molecule has 2 heterocycles. The van der Waals surface area contributed by atoms with Crippen LogP contribution in [-0.4, -0.2) is 28.9 Å². The van der Waals surface area contributed by atoms with Gasteiger partial charge >= 0.3 is 6.36 Å². The van der Waals surface area contributed by atoms with E-state index in [1.54, 1.807) is 17.2 Å². The van der Waals surface area contributed by atoms with E-state index in [9.17, 15) is 18.0 Å². The molecule has 2 atom stereocenters. The summed E-state index contributed by atoms with van der Waals surface area (Å²) in [6.07, 6.45) is 4.34. The monoisotopic (exact) mass is 348 g/mol. The first-order chi connectivity index (χ1) is 11.9. The van der Waals surface area contributed by atoms with Crippen LogP contribution in [0.1, 0.15) is 11.6 Å². The van der Waals surface area contributed by atoms with Gasteiger partial charge in [-0.1, -0.05) is 30.4 Å². The molecule has 1 saturated heterocycles. The van der Waals surface area contributed by atoms with E-state index in [1.165, 1.54) is 18.2 Å². The second kappa shape index (κ2) is 5.51. The van der Waals surface area contributed by atoms with E-state index in [1.807, 2.05) is 24.3 Å². The zero-order chi connectivity index (χ0) is 17.6. The normalized spacial score (nSPS) is 24.3. The third kappa shape index (κ3) is 2.79. The number of nitrogens with one attached hydrogen (secondary N) is 2. The summed E-state index contributed by atoms with van der Waals surface area (Å²) in [6.45, 7) is 0. The molecule has 2 aliphatic heterocycles. The number of amides is 1. The van der Waals surface area contributed by atoms with E-state index in [2.05, 4.69) is 15.0 Å². The van der Waals surface area contributed by atoms with Crippen molar-refractivity contribution in [3.8, 4) is 5.75 Å². The van der Waals surface area contributed by atoms with Gasteiger partial charge in [-0.05, 0) is 17.7 Å². The number of halogens is 3. The molecule has 1 aromatic rings. The lowest BCUT2D eigenvalue weighted by molar-refractivity contribution is -0.380. The molecule has 25 heavy (non-hydrogen) atoms. The predicted octanol–water partition coefficient (Wildman–Crippen LogP) is 0.887. The van der Waals surface area contributed by atoms with Crippen molar-refractivity contribution in [3.05, 3.63) is 66.2 Å². The highest BCUT2D eigenvalue weighted by Crippen LogP contribution is 2.32. The second-order valence-corrected chi connectivity index (χ2v) is 5.72. The third-order valence-electron chi connectivity index (χ3n) is 4.11. The fourth-order valence-corrected chi connectivity index (χ4v) is 3.09. The molecule has 1 aromatic carbocycles. The molecule has 1 amide bonds. The summed E-state index contributed by atoms with van der Waals surface area (Å²) in [6, 6.07) is 4.40. The van der Waals surface area contributed by atoms with Crippen molar-refractivity contribution >= 4 is 11.6 Å². The molecule has 2 N–H and O–H groups in total. The number of hydrogen-bond donors (Lipinski definition) is 2. The van der Waals surface area contributed by atoms with Gasteiger partial charge in [0.05, 0.1) is 0 Å². The first-order valence-corrected chi connectivity index (χ1v) is 7.56. The molecule has 0 spiro atoms. The molecule has 5 nitrogen and oxygen atoms in total. The molecular formula is C17H13F3N3O2+. The fraction of sp³-hybridized carbons (Fsp3) is 0.176. The van der Waals surface area contributed by atoms with E-state index in [4.69, 9.17) is 0 Å². The van der Waals surface area contributed by atoms with E-state index in [0.29, 0.717) is 11.4 Å². The molecule has 8 heteroatoms. The Hall–Kier alpha value is -3.03. The van der Waals surface area contributed by atoms with Gasteiger partial charge in [0.2, 0.25) is 11.9 Å². The van der Waals surface area contributed by atoms with Crippen molar-refractivity contribution in [2.75, 3.05) is 0 Å². The minimum atomic E-state index is -4.78. The van der Waals surface area contributed by atoms with Crippen LogP contribution in [0.2, 0.25) is 0 Å². The Balaban J connectivity index is 1.62. The van der Waals surface area contributed by atoms with Gasteiger partial charge in [0, 0.05) is 6.08 Å². The van der Waals surface area contributed by atoms with Crippen molar-refractivity contribution in [2.24, 2.45) is 0 Å². The number of hydrogen-bond acceptors (Lipinski definition) is 3. The van der Waals surface area contributed by atoms with Crippen LogP contribution in [0.15, 0.2) is 60.6 Å². The lowest BCUT2D eigenvalue weighted by Crippen LogP contribution is -2.74. The Labute approximate surface area is 140 Å². The molecular weight excluding hydrogens is 335 g/mol. The van der Waals surface area contributed by atoms with Gasteiger partial charge in [-0.25, -0.2) is 4.99 Å². The molecule has 4 rings (SSSR count). The summed E-state index contributed by atoms with van der Waals surface area (Å²) in [4.78, 5) is 17.6. The molecule has 0 saturated carbocycles. The standard InChI is InChI=1S/C17H12F3N3O2/c18-17(19,20)25-11-5-3-4-10(8-11)15-16(24)23-13-7-2-1-6-12(13)21-9-14(23)22-15/h1-9,13,15,22H/p+1. The topological polar surface area (TPSA) is 55.5 Å². The van der Waals surface area contributed by atoms with Crippen LogP contribution in [0, 0.1) is 0 Å². The highest BCUT2D eigenvalue weighted by Gasteiger charge is 2.45. The van der Waals surface area contributed by atoms with Crippen LogP contribution < -0.4 is 15.0 Å². The van der Waals surface area contributed by atoms with Crippen LogP contribution in [0.4, 0.5) is 13.2 Å². The zero-order valence-electron chi connectivity index (χ0n) is 12.7. The van der Waals surface area contributed by atoms with Gasteiger partial charge in [-0.15, -0.1) is 13.2 Å². The maximum absolute atomic E-state index is 12.9. The van der Waals surface area contributed by atoms with Crippen molar-refractivity contribution in [2.45, 2.75) is 18.4 Å². The molecule has 2 unspecified atom stereocenters. The maximum Gasteiger partial charge on any atom is 0.573 e. The van der Waals surface area contributed by atoms with E-state index < -0.39 is 12.4 Å². The van der Waals surface area contributed by atoms with E-state index in [0.717, 1.165) is 5.71 Å². The van der Waals surface area contributed by atoms with Crippen molar-refractivity contribution < 1.29 is 27.7 Å². The number of ether oxygens (including phenoxy) is 1. The maximum atomic E-state index is 12.9.